The Kier molecular flexibility index (Phi) is 8.94. The summed E-state index contributed by atoms with van der Waals surface area (Å²) in [6, 6.07) is -1.21. The van der Waals surface area contributed by atoms with Crippen molar-refractivity contribution in [1.29, 1.82) is 0 Å². The molecule has 0 spiro atoms. The van der Waals surface area contributed by atoms with Gasteiger partial charge in [-0.3, -0.25) is 0 Å². The molecular weight excluding hydrogens is 226 g/mol. The van der Waals surface area contributed by atoms with E-state index in [1.165, 1.54) is 0 Å². The SMILES string of the molecule is N[C@@H](CCC(=O)[O-])C(=O)[O-].[Sr+2]. The van der Waals surface area contributed by atoms with Gasteiger partial charge in [0, 0.05) is 12.0 Å². The van der Waals surface area contributed by atoms with E-state index in [4.69, 9.17) is 5.73 Å². The number of rotatable bonds is 4. The Morgan fingerprint density at radius 1 is 1.36 bits per heavy atom. The summed E-state index contributed by atoms with van der Waals surface area (Å²) in [5.41, 5.74) is 4.91. The topological polar surface area (TPSA) is 106 Å². The Morgan fingerprint density at radius 2 is 1.82 bits per heavy atom. The first-order valence-electron chi connectivity index (χ1n) is 2.70. The third-order valence-corrected chi connectivity index (χ3v) is 0.962. The maximum Gasteiger partial charge on any atom is 2.00 e. The Morgan fingerprint density at radius 3 is 2.09 bits per heavy atom. The zero-order valence-corrected chi connectivity index (χ0v) is 9.39. The average molecular weight is 233 g/mol. The number of hydrogen-bond donors (Lipinski definition) is 1. The average Bonchev–Trinajstić information content (AvgIpc) is 1.82. The first-order chi connectivity index (χ1) is 4.54. The Hall–Kier alpha value is 0.381. The molecular formula is C5H7NO4Sr. The largest absolute Gasteiger partial charge is 2.00 e. The number of hydrogen-bond acceptors (Lipinski definition) is 5. The maximum absolute atomic E-state index is 9.86. The molecule has 0 rings (SSSR count). The van der Waals surface area contributed by atoms with Crippen LogP contribution < -0.4 is 15.9 Å². The van der Waals surface area contributed by atoms with E-state index in [0.29, 0.717) is 0 Å². The van der Waals surface area contributed by atoms with Gasteiger partial charge in [-0.25, -0.2) is 0 Å². The minimum absolute atomic E-state index is 0. The van der Waals surface area contributed by atoms with Gasteiger partial charge in [-0.15, -0.1) is 0 Å². The molecule has 0 aliphatic heterocycles. The molecule has 2 N–H and O–H groups in total. The second-order valence-electron chi connectivity index (χ2n) is 1.84. The molecule has 0 aromatic rings. The van der Waals surface area contributed by atoms with Crippen molar-refractivity contribution in [3.63, 3.8) is 0 Å². The number of carbonyl (C=O) groups excluding carboxylic acids is 2. The monoisotopic (exact) mass is 233 g/mol. The van der Waals surface area contributed by atoms with Crippen LogP contribution in [0.1, 0.15) is 12.8 Å². The predicted molar refractivity (Wildman–Crippen MR) is 33.0 cm³/mol. The fraction of sp³-hybridized carbons (Fsp3) is 0.600. The molecule has 0 aromatic heterocycles. The summed E-state index contributed by atoms with van der Waals surface area (Å²) < 4.78 is 0. The summed E-state index contributed by atoms with van der Waals surface area (Å²) in [6.45, 7) is 0. The van der Waals surface area contributed by atoms with Gasteiger partial charge >= 0.3 is 45.5 Å². The molecule has 0 aliphatic rings. The second-order valence-corrected chi connectivity index (χ2v) is 1.84. The smallest absolute Gasteiger partial charge is 0.550 e. The predicted octanol–water partition coefficient (Wildman–Crippen LogP) is -3.79. The molecule has 0 unspecified atom stereocenters. The number of nitrogens with two attached hydrogens (primary N) is 1. The summed E-state index contributed by atoms with van der Waals surface area (Å²) in [5.74, 6) is -2.75. The summed E-state index contributed by atoms with van der Waals surface area (Å²) in [5, 5.41) is 19.6. The van der Waals surface area contributed by atoms with Crippen LogP contribution in [0, 0.1) is 0 Å². The van der Waals surface area contributed by atoms with Gasteiger partial charge in [0.2, 0.25) is 0 Å². The number of carbonyl (C=O) groups is 2. The van der Waals surface area contributed by atoms with Crippen LogP contribution in [0.25, 0.3) is 0 Å². The van der Waals surface area contributed by atoms with Gasteiger partial charge in [0.05, 0.1) is 5.97 Å². The molecule has 0 saturated heterocycles. The third kappa shape index (κ3) is 8.29. The molecule has 0 bridgehead atoms. The quantitative estimate of drug-likeness (QED) is 0.501. The molecule has 0 aliphatic carbocycles. The van der Waals surface area contributed by atoms with Gasteiger partial charge < -0.3 is 25.5 Å². The fourth-order valence-electron chi connectivity index (χ4n) is 0.391. The molecule has 0 heterocycles. The van der Waals surface area contributed by atoms with E-state index >= 15 is 0 Å². The van der Waals surface area contributed by atoms with Gasteiger partial charge in [0.15, 0.2) is 0 Å². The van der Waals surface area contributed by atoms with E-state index in [2.05, 4.69) is 0 Å². The van der Waals surface area contributed by atoms with Crippen LogP contribution in [0.4, 0.5) is 0 Å². The van der Waals surface area contributed by atoms with E-state index in [1.54, 1.807) is 0 Å². The zero-order valence-electron chi connectivity index (χ0n) is 5.91. The van der Waals surface area contributed by atoms with E-state index in [9.17, 15) is 19.8 Å². The van der Waals surface area contributed by atoms with E-state index < -0.39 is 18.0 Å². The summed E-state index contributed by atoms with van der Waals surface area (Å²) in [6.07, 6.45) is -0.500. The van der Waals surface area contributed by atoms with Gasteiger partial charge in [0.25, 0.3) is 0 Å². The van der Waals surface area contributed by atoms with Crippen molar-refractivity contribution < 1.29 is 19.8 Å². The number of aliphatic carboxylic acids is 2. The zero-order chi connectivity index (χ0) is 8.15. The van der Waals surface area contributed by atoms with Gasteiger partial charge in [-0.05, 0) is 12.8 Å². The maximum atomic E-state index is 9.86. The number of carboxylic acid groups (broad SMARTS) is 2. The fourth-order valence-corrected chi connectivity index (χ4v) is 0.391. The minimum atomic E-state index is -1.44. The van der Waals surface area contributed by atoms with Gasteiger partial charge in [-0.1, -0.05) is 0 Å². The van der Waals surface area contributed by atoms with Crippen LogP contribution in [-0.4, -0.2) is 63.5 Å². The molecule has 0 amide bonds. The molecule has 6 heteroatoms. The van der Waals surface area contributed by atoms with E-state index in [0.717, 1.165) is 0 Å². The van der Waals surface area contributed by atoms with Crippen molar-refractivity contribution >= 4 is 57.4 Å². The Labute approximate surface area is 101 Å². The van der Waals surface area contributed by atoms with E-state index in [1.807, 2.05) is 0 Å². The van der Waals surface area contributed by atoms with Crippen LogP contribution in [0.2, 0.25) is 0 Å². The van der Waals surface area contributed by atoms with Crippen LogP contribution in [0.5, 0.6) is 0 Å². The normalized spacial score (nSPS) is 11.4. The first-order valence-corrected chi connectivity index (χ1v) is 2.70. The van der Waals surface area contributed by atoms with Crippen molar-refractivity contribution in [2.24, 2.45) is 5.73 Å². The molecule has 0 radical (unpaired) electrons. The standard InChI is InChI=1S/C5H9NO4.Sr/c6-3(5(9)10)1-2-4(7)8;/h3H,1-2,6H2,(H,7,8)(H,9,10);/q;+2/p-2/t3-;/m0./s1. The van der Waals surface area contributed by atoms with Crippen molar-refractivity contribution in [3.05, 3.63) is 0 Å². The minimum Gasteiger partial charge on any atom is -0.550 e. The van der Waals surface area contributed by atoms with Crippen molar-refractivity contribution in [1.82, 2.24) is 0 Å². The Bertz CT molecular complexity index is 149. The van der Waals surface area contributed by atoms with Crippen molar-refractivity contribution in [2.75, 3.05) is 0 Å². The van der Waals surface area contributed by atoms with Crippen molar-refractivity contribution in [2.45, 2.75) is 18.9 Å². The van der Waals surface area contributed by atoms with Crippen LogP contribution in [-0.2, 0) is 9.59 Å². The van der Waals surface area contributed by atoms with Crippen LogP contribution in [0.15, 0.2) is 0 Å². The van der Waals surface area contributed by atoms with Crippen LogP contribution in [0.3, 0.4) is 0 Å². The molecule has 1 atom stereocenters. The number of carboxylic acids is 2. The molecule has 0 saturated carbocycles. The molecule has 11 heavy (non-hydrogen) atoms. The summed E-state index contributed by atoms with van der Waals surface area (Å²) in [4.78, 5) is 19.6. The first kappa shape index (κ1) is 13.9. The molecule has 0 aromatic carbocycles. The van der Waals surface area contributed by atoms with Gasteiger partial charge in [0.1, 0.15) is 0 Å². The molecule has 0 fully saturated rings. The molecule has 58 valence electrons. The summed E-state index contributed by atoms with van der Waals surface area (Å²) in [7, 11) is 0. The van der Waals surface area contributed by atoms with Crippen molar-refractivity contribution in [3.8, 4) is 0 Å². The summed E-state index contributed by atoms with van der Waals surface area (Å²) >= 11 is 0. The molecule has 5 nitrogen and oxygen atoms in total. The van der Waals surface area contributed by atoms with Gasteiger partial charge in [-0.2, -0.15) is 0 Å². The second kappa shape index (κ2) is 7.05. The Balaban J connectivity index is 0. The third-order valence-electron chi connectivity index (χ3n) is 0.962. The van der Waals surface area contributed by atoms with E-state index in [-0.39, 0.29) is 58.3 Å². The van der Waals surface area contributed by atoms with Crippen LogP contribution >= 0.6 is 0 Å².